The highest BCUT2D eigenvalue weighted by Gasteiger charge is 2.07. The predicted octanol–water partition coefficient (Wildman–Crippen LogP) is -0.0361. The van der Waals surface area contributed by atoms with E-state index in [0.29, 0.717) is 11.5 Å². The highest BCUT2D eigenvalue weighted by atomic mass is 15.0. The number of rotatable bonds is 4. The van der Waals surface area contributed by atoms with Crippen molar-refractivity contribution in [1.82, 2.24) is 0 Å². The molecular weight excluding hydrogens is 154 g/mol. The van der Waals surface area contributed by atoms with Gasteiger partial charge in [0, 0.05) is 5.71 Å². The summed E-state index contributed by atoms with van der Waals surface area (Å²) in [7, 11) is 0. The van der Waals surface area contributed by atoms with Crippen LogP contribution in [0.3, 0.4) is 0 Å². The van der Waals surface area contributed by atoms with Crippen LogP contribution in [-0.2, 0) is 0 Å². The van der Waals surface area contributed by atoms with Gasteiger partial charge < -0.3 is 16.9 Å². The molecule has 5 N–H and O–H groups in total. The van der Waals surface area contributed by atoms with Gasteiger partial charge in [0.2, 0.25) is 0 Å². The molecule has 0 aliphatic rings. The summed E-state index contributed by atoms with van der Waals surface area (Å²) in [6, 6.07) is 0. The van der Waals surface area contributed by atoms with Crippen LogP contribution in [0.1, 0.15) is 13.8 Å². The third kappa shape index (κ3) is 3.82. The molecule has 1 unspecified atom stereocenters. The summed E-state index contributed by atoms with van der Waals surface area (Å²) in [5.41, 5.74) is 11.1. The Hall–Kier alpha value is -1.23. The summed E-state index contributed by atoms with van der Waals surface area (Å²) < 4.78 is 0. The van der Waals surface area contributed by atoms with Crippen LogP contribution in [0.25, 0.3) is 0 Å². The average molecular weight is 169 g/mol. The Bertz CT molecular complexity index is 206. The van der Waals surface area contributed by atoms with E-state index in [2.05, 4.69) is 9.98 Å². The Morgan fingerprint density at radius 1 is 1.67 bits per heavy atom. The van der Waals surface area contributed by atoms with Crippen LogP contribution in [0, 0.1) is 11.3 Å². The molecule has 5 heteroatoms. The number of aliphatic imine (C=N–C) groups is 2. The van der Waals surface area contributed by atoms with Crippen LogP contribution >= 0.6 is 0 Å². The van der Waals surface area contributed by atoms with Crippen molar-refractivity contribution < 1.29 is 0 Å². The molecule has 0 aromatic rings. The normalized spacial score (nSPS) is 15.1. The summed E-state index contributed by atoms with van der Waals surface area (Å²) in [4.78, 5) is 7.49. The fourth-order valence-corrected chi connectivity index (χ4v) is 0.488. The lowest BCUT2D eigenvalue weighted by atomic mass is 10.1. The third-order valence-corrected chi connectivity index (χ3v) is 1.49. The van der Waals surface area contributed by atoms with E-state index in [1.807, 2.05) is 6.92 Å². The minimum Gasteiger partial charge on any atom is -0.387 e. The molecule has 0 saturated carbocycles. The maximum atomic E-state index is 7.28. The molecule has 0 aromatic heterocycles. The summed E-state index contributed by atoms with van der Waals surface area (Å²) in [6.45, 7) is 3.71. The minimum absolute atomic E-state index is 0.130. The number of amidine groups is 1. The fourth-order valence-electron chi connectivity index (χ4n) is 0.488. The standard InChI is InChI=1S/C7H15N5/c1-5(6(2)9)7(10)12-4-11-3-8/h4-5,9H,3,8H2,1-2H3,(H2,10,11,12). The van der Waals surface area contributed by atoms with Crippen molar-refractivity contribution in [3.8, 4) is 0 Å². The van der Waals surface area contributed by atoms with E-state index in [0.717, 1.165) is 0 Å². The van der Waals surface area contributed by atoms with Crippen molar-refractivity contribution in [2.45, 2.75) is 13.8 Å². The molecule has 0 radical (unpaired) electrons. The lowest BCUT2D eigenvalue weighted by Crippen LogP contribution is -2.26. The van der Waals surface area contributed by atoms with Crippen molar-refractivity contribution >= 4 is 17.9 Å². The lowest BCUT2D eigenvalue weighted by Gasteiger charge is -2.06. The second kappa shape index (κ2) is 5.42. The Balaban J connectivity index is 4.17. The number of nitrogens with one attached hydrogen (secondary N) is 1. The largest absolute Gasteiger partial charge is 0.387 e. The summed E-state index contributed by atoms with van der Waals surface area (Å²) in [5.74, 6) is 0.258. The molecule has 12 heavy (non-hydrogen) atoms. The van der Waals surface area contributed by atoms with Crippen molar-refractivity contribution in [3.63, 3.8) is 0 Å². The van der Waals surface area contributed by atoms with Crippen LogP contribution in [-0.4, -0.2) is 24.6 Å². The van der Waals surface area contributed by atoms with Crippen LogP contribution in [0.2, 0.25) is 0 Å². The quantitative estimate of drug-likeness (QED) is 0.406. The van der Waals surface area contributed by atoms with Crippen LogP contribution in [0.4, 0.5) is 0 Å². The summed E-state index contributed by atoms with van der Waals surface area (Å²) in [6.07, 6.45) is 1.31. The third-order valence-electron chi connectivity index (χ3n) is 1.49. The SMILES string of the molecule is CC(=N)C(C)C(N)=NC=NCN. The Morgan fingerprint density at radius 3 is 2.67 bits per heavy atom. The number of hydrogen-bond acceptors (Lipinski definition) is 3. The van der Waals surface area contributed by atoms with Crippen molar-refractivity contribution in [3.05, 3.63) is 0 Å². The first-order chi connectivity index (χ1) is 5.59. The highest BCUT2D eigenvalue weighted by Crippen LogP contribution is 1.95. The molecule has 0 bridgehead atoms. The van der Waals surface area contributed by atoms with Crippen molar-refractivity contribution in [1.29, 1.82) is 5.41 Å². The molecular formula is C7H15N5. The van der Waals surface area contributed by atoms with E-state index in [-0.39, 0.29) is 12.6 Å². The summed E-state index contributed by atoms with van der Waals surface area (Å²) >= 11 is 0. The predicted molar refractivity (Wildman–Crippen MR) is 51.7 cm³/mol. The van der Waals surface area contributed by atoms with Crippen molar-refractivity contribution in [2.75, 3.05) is 6.67 Å². The average Bonchev–Trinajstić information content (AvgIpc) is 2.03. The molecule has 5 nitrogen and oxygen atoms in total. The van der Waals surface area contributed by atoms with E-state index in [1.54, 1.807) is 6.92 Å². The molecule has 0 aromatic carbocycles. The van der Waals surface area contributed by atoms with E-state index >= 15 is 0 Å². The minimum atomic E-state index is -0.130. The smallest absolute Gasteiger partial charge is 0.113 e. The molecule has 1 atom stereocenters. The first-order valence-electron chi connectivity index (χ1n) is 3.66. The zero-order valence-corrected chi connectivity index (χ0v) is 7.41. The topological polar surface area (TPSA) is 101 Å². The monoisotopic (exact) mass is 169 g/mol. The van der Waals surface area contributed by atoms with Gasteiger partial charge in [-0.25, -0.2) is 4.99 Å². The molecule has 0 saturated heterocycles. The van der Waals surface area contributed by atoms with E-state index in [9.17, 15) is 0 Å². The second-order valence-electron chi connectivity index (χ2n) is 2.44. The van der Waals surface area contributed by atoms with E-state index in [1.165, 1.54) is 6.34 Å². The number of nitrogens with zero attached hydrogens (tertiary/aromatic N) is 2. The van der Waals surface area contributed by atoms with Gasteiger partial charge in [-0.2, -0.15) is 0 Å². The van der Waals surface area contributed by atoms with Gasteiger partial charge in [0.05, 0.1) is 12.6 Å². The number of hydrogen-bond donors (Lipinski definition) is 3. The molecule has 68 valence electrons. The molecule has 0 aliphatic heterocycles. The first kappa shape index (κ1) is 10.8. The fraction of sp³-hybridized carbons (Fsp3) is 0.571. The molecule has 0 amide bonds. The lowest BCUT2D eigenvalue weighted by molar-refractivity contribution is 1.02. The second-order valence-corrected chi connectivity index (χ2v) is 2.44. The van der Waals surface area contributed by atoms with Crippen molar-refractivity contribution in [2.24, 2.45) is 27.4 Å². The van der Waals surface area contributed by atoms with Gasteiger partial charge in [0.15, 0.2) is 0 Å². The maximum absolute atomic E-state index is 7.28. The molecule has 0 heterocycles. The van der Waals surface area contributed by atoms with Gasteiger partial charge in [-0.05, 0) is 6.92 Å². The van der Waals surface area contributed by atoms with Crippen LogP contribution in [0.5, 0.6) is 0 Å². The molecule has 0 aliphatic carbocycles. The van der Waals surface area contributed by atoms with Gasteiger partial charge in [-0.3, -0.25) is 4.99 Å². The van der Waals surface area contributed by atoms with Gasteiger partial charge in [0.1, 0.15) is 12.2 Å². The Morgan fingerprint density at radius 2 is 2.25 bits per heavy atom. The number of nitrogens with two attached hydrogens (primary N) is 2. The van der Waals surface area contributed by atoms with Gasteiger partial charge in [0.25, 0.3) is 0 Å². The zero-order chi connectivity index (χ0) is 9.56. The van der Waals surface area contributed by atoms with E-state index < -0.39 is 0 Å². The Kier molecular flexibility index (Phi) is 4.87. The molecule has 0 fully saturated rings. The van der Waals surface area contributed by atoms with Gasteiger partial charge >= 0.3 is 0 Å². The van der Waals surface area contributed by atoms with Gasteiger partial charge in [-0.15, -0.1) is 0 Å². The molecule has 0 rings (SSSR count). The molecule has 0 spiro atoms. The zero-order valence-electron chi connectivity index (χ0n) is 7.41. The van der Waals surface area contributed by atoms with Crippen LogP contribution in [0.15, 0.2) is 9.98 Å². The maximum Gasteiger partial charge on any atom is 0.113 e. The van der Waals surface area contributed by atoms with E-state index in [4.69, 9.17) is 16.9 Å². The summed E-state index contributed by atoms with van der Waals surface area (Å²) in [5, 5.41) is 7.28. The van der Waals surface area contributed by atoms with Crippen LogP contribution < -0.4 is 11.5 Å². The van der Waals surface area contributed by atoms with Gasteiger partial charge in [-0.1, -0.05) is 6.92 Å². The highest BCUT2D eigenvalue weighted by molar-refractivity contribution is 6.05. The first-order valence-corrected chi connectivity index (χ1v) is 3.66. The Labute approximate surface area is 72.1 Å².